The zero-order valence-corrected chi connectivity index (χ0v) is 12.1. The summed E-state index contributed by atoms with van der Waals surface area (Å²) in [4.78, 5) is 26.5. The number of alkyl halides is 3. The molecule has 0 atom stereocenters. The van der Waals surface area contributed by atoms with Crippen LogP contribution in [0.15, 0.2) is 29.1 Å². The number of nitrogens with zero attached hydrogens (tertiary/aromatic N) is 2. The van der Waals surface area contributed by atoms with Crippen molar-refractivity contribution < 1.29 is 22.8 Å². The van der Waals surface area contributed by atoms with Gasteiger partial charge in [0.25, 0.3) is 0 Å². The number of hydrogen-bond acceptors (Lipinski definition) is 5. The molecule has 10 heteroatoms. The number of ether oxygens (including phenoxy) is 1. The average molecular weight is 341 g/mol. The standard InChI is InChI=1S/C14H10F3N3O4/c1-24-11-5-3-8(6-10(11)20(22)23)2-4-9-7-12(14(15,16)17)19-13(21)18-9/h2-7H,1H3,(H,18,19,21). The summed E-state index contributed by atoms with van der Waals surface area (Å²) in [5.74, 6) is 0.0470. The normalized spacial score (nSPS) is 11.7. The maximum absolute atomic E-state index is 12.6. The number of halogens is 3. The predicted octanol–water partition coefficient (Wildman–Crippen LogP) is 2.88. The van der Waals surface area contributed by atoms with Crippen LogP contribution in [0.4, 0.5) is 18.9 Å². The molecular formula is C14H10F3N3O4. The fourth-order valence-corrected chi connectivity index (χ4v) is 1.85. The van der Waals surface area contributed by atoms with Crippen molar-refractivity contribution in [3.63, 3.8) is 0 Å². The van der Waals surface area contributed by atoms with Crippen LogP contribution in [-0.4, -0.2) is 22.0 Å². The molecule has 0 spiro atoms. The molecule has 0 aliphatic rings. The van der Waals surface area contributed by atoms with E-state index in [-0.39, 0.29) is 17.1 Å². The van der Waals surface area contributed by atoms with E-state index in [0.717, 1.165) is 6.08 Å². The Balaban J connectivity index is 2.38. The Labute approximate surface area is 132 Å². The summed E-state index contributed by atoms with van der Waals surface area (Å²) in [5.41, 5.74) is -2.58. The molecule has 126 valence electrons. The van der Waals surface area contributed by atoms with Gasteiger partial charge in [-0.2, -0.15) is 18.2 Å². The number of nitro benzene ring substituents is 1. The van der Waals surface area contributed by atoms with Gasteiger partial charge in [-0.15, -0.1) is 0 Å². The van der Waals surface area contributed by atoms with Crippen LogP contribution in [0.5, 0.6) is 5.75 Å². The molecule has 1 N–H and O–H groups in total. The zero-order chi connectivity index (χ0) is 17.9. The van der Waals surface area contributed by atoms with Gasteiger partial charge in [0.2, 0.25) is 0 Å². The SMILES string of the molecule is COc1ccc(C=Cc2cc(C(F)(F)F)[nH]c(=O)n2)cc1[N+](=O)[O-]. The third-order valence-corrected chi connectivity index (χ3v) is 2.92. The largest absolute Gasteiger partial charge is 0.490 e. The summed E-state index contributed by atoms with van der Waals surface area (Å²) in [5, 5.41) is 10.9. The average Bonchev–Trinajstić information content (AvgIpc) is 2.51. The number of nitro groups is 1. The fourth-order valence-electron chi connectivity index (χ4n) is 1.85. The summed E-state index contributed by atoms with van der Waals surface area (Å²) in [6.45, 7) is 0. The van der Waals surface area contributed by atoms with Crippen molar-refractivity contribution in [2.75, 3.05) is 7.11 Å². The third-order valence-electron chi connectivity index (χ3n) is 2.92. The molecule has 0 unspecified atom stereocenters. The lowest BCUT2D eigenvalue weighted by Gasteiger charge is -2.06. The number of aromatic nitrogens is 2. The minimum absolute atomic E-state index is 0.0470. The van der Waals surface area contributed by atoms with E-state index < -0.39 is 22.5 Å². The number of H-pyrrole nitrogens is 1. The topological polar surface area (TPSA) is 98.1 Å². The van der Waals surface area contributed by atoms with Crippen LogP contribution in [0, 0.1) is 10.1 Å². The first-order valence-electron chi connectivity index (χ1n) is 6.40. The van der Waals surface area contributed by atoms with Crippen molar-refractivity contribution in [2.45, 2.75) is 6.18 Å². The highest BCUT2D eigenvalue weighted by atomic mass is 19.4. The highest BCUT2D eigenvalue weighted by Crippen LogP contribution is 2.29. The lowest BCUT2D eigenvalue weighted by molar-refractivity contribution is -0.385. The quantitative estimate of drug-likeness (QED) is 0.681. The Hall–Kier alpha value is -3.17. The van der Waals surface area contributed by atoms with Gasteiger partial charge in [0.15, 0.2) is 5.75 Å². The maximum Gasteiger partial charge on any atom is 0.431 e. The molecule has 0 bridgehead atoms. The molecule has 0 aliphatic heterocycles. The van der Waals surface area contributed by atoms with Gasteiger partial charge in [0, 0.05) is 6.07 Å². The van der Waals surface area contributed by atoms with Crippen LogP contribution in [-0.2, 0) is 6.18 Å². The van der Waals surface area contributed by atoms with Gasteiger partial charge >= 0.3 is 17.6 Å². The Morgan fingerprint density at radius 2 is 2.00 bits per heavy atom. The molecule has 7 nitrogen and oxygen atoms in total. The third kappa shape index (κ3) is 3.97. The Morgan fingerprint density at radius 1 is 1.29 bits per heavy atom. The van der Waals surface area contributed by atoms with E-state index in [2.05, 4.69) is 4.98 Å². The summed E-state index contributed by atoms with van der Waals surface area (Å²) in [6.07, 6.45) is -2.27. The lowest BCUT2D eigenvalue weighted by Crippen LogP contribution is -2.19. The molecular weight excluding hydrogens is 331 g/mol. The molecule has 2 aromatic rings. The van der Waals surface area contributed by atoms with Gasteiger partial charge in [-0.1, -0.05) is 12.1 Å². The van der Waals surface area contributed by atoms with Crippen LogP contribution in [0.2, 0.25) is 0 Å². The number of rotatable bonds is 4. The van der Waals surface area contributed by atoms with E-state index in [1.165, 1.54) is 31.4 Å². The predicted molar refractivity (Wildman–Crippen MR) is 78.4 cm³/mol. The molecule has 0 radical (unpaired) electrons. The van der Waals surface area contributed by atoms with E-state index in [0.29, 0.717) is 11.6 Å². The number of hydrogen-bond donors (Lipinski definition) is 1. The second-order valence-corrected chi connectivity index (χ2v) is 4.54. The minimum atomic E-state index is -4.72. The minimum Gasteiger partial charge on any atom is -0.490 e. The summed E-state index contributed by atoms with van der Waals surface area (Å²) in [6, 6.07) is 4.67. The molecule has 24 heavy (non-hydrogen) atoms. The van der Waals surface area contributed by atoms with Gasteiger partial charge < -0.3 is 9.72 Å². The lowest BCUT2D eigenvalue weighted by atomic mass is 10.1. The number of methoxy groups -OCH3 is 1. The number of aromatic amines is 1. The van der Waals surface area contributed by atoms with Crippen molar-refractivity contribution in [1.82, 2.24) is 9.97 Å². The molecule has 0 aliphatic carbocycles. The van der Waals surface area contributed by atoms with Gasteiger partial charge in [0.1, 0.15) is 5.69 Å². The van der Waals surface area contributed by atoms with Gasteiger partial charge in [-0.05, 0) is 23.8 Å². The molecule has 0 fully saturated rings. The zero-order valence-electron chi connectivity index (χ0n) is 12.1. The number of nitrogens with one attached hydrogen (secondary N) is 1. The summed E-state index contributed by atoms with van der Waals surface area (Å²) < 4.78 is 42.7. The summed E-state index contributed by atoms with van der Waals surface area (Å²) >= 11 is 0. The Bertz CT molecular complexity index is 859. The van der Waals surface area contributed by atoms with E-state index in [1.807, 2.05) is 0 Å². The van der Waals surface area contributed by atoms with Crippen LogP contribution < -0.4 is 10.4 Å². The molecule has 2 rings (SSSR count). The summed E-state index contributed by atoms with van der Waals surface area (Å²) in [7, 11) is 1.27. The van der Waals surface area contributed by atoms with E-state index in [4.69, 9.17) is 4.74 Å². The molecule has 0 saturated carbocycles. The molecule has 0 amide bonds. The van der Waals surface area contributed by atoms with Gasteiger partial charge in [-0.3, -0.25) is 10.1 Å². The van der Waals surface area contributed by atoms with Crippen LogP contribution in [0.3, 0.4) is 0 Å². The van der Waals surface area contributed by atoms with Crippen LogP contribution in [0.25, 0.3) is 12.2 Å². The molecule has 0 saturated heterocycles. The second-order valence-electron chi connectivity index (χ2n) is 4.54. The second kappa shape index (κ2) is 6.52. The Morgan fingerprint density at radius 3 is 2.58 bits per heavy atom. The first-order chi connectivity index (χ1) is 11.2. The van der Waals surface area contributed by atoms with Crippen molar-refractivity contribution in [3.8, 4) is 5.75 Å². The monoisotopic (exact) mass is 341 g/mol. The van der Waals surface area contributed by atoms with E-state index in [1.54, 1.807) is 4.98 Å². The first-order valence-corrected chi connectivity index (χ1v) is 6.40. The van der Waals surface area contributed by atoms with Crippen LogP contribution >= 0.6 is 0 Å². The molecule has 1 aromatic heterocycles. The van der Waals surface area contributed by atoms with Crippen molar-refractivity contribution in [3.05, 3.63) is 61.8 Å². The number of benzene rings is 1. The van der Waals surface area contributed by atoms with Gasteiger partial charge in [-0.25, -0.2) is 4.79 Å². The fraction of sp³-hybridized carbons (Fsp3) is 0.143. The highest BCUT2D eigenvalue weighted by Gasteiger charge is 2.32. The Kier molecular flexibility index (Phi) is 4.67. The molecule has 1 aromatic carbocycles. The molecule has 1 heterocycles. The van der Waals surface area contributed by atoms with Gasteiger partial charge in [0.05, 0.1) is 17.7 Å². The highest BCUT2D eigenvalue weighted by molar-refractivity contribution is 5.70. The van der Waals surface area contributed by atoms with Crippen molar-refractivity contribution in [2.24, 2.45) is 0 Å². The van der Waals surface area contributed by atoms with Crippen molar-refractivity contribution in [1.29, 1.82) is 0 Å². The van der Waals surface area contributed by atoms with E-state index in [9.17, 15) is 28.1 Å². The van der Waals surface area contributed by atoms with E-state index >= 15 is 0 Å². The van der Waals surface area contributed by atoms with Crippen LogP contribution in [0.1, 0.15) is 17.0 Å². The van der Waals surface area contributed by atoms with Crippen molar-refractivity contribution >= 4 is 17.8 Å². The maximum atomic E-state index is 12.6. The smallest absolute Gasteiger partial charge is 0.431 e. The first kappa shape index (κ1) is 17.2.